The molecular weight excluding hydrogens is 214 g/mol. The van der Waals surface area contributed by atoms with Crippen LogP contribution in [0.3, 0.4) is 0 Å². The van der Waals surface area contributed by atoms with Crippen LogP contribution in [-0.4, -0.2) is 11.7 Å². The number of carbonyl (C=O) groups is 1. The van der Waals surface area contributed by atoms with Gasteiger partial charge in [0.25, 0.3) is 0 Å². The molecule has 0 fully saturated rings. The zero-order valence-electron chi connectivity index (χ0n) is 10.6. The Labute approximate surface area is 102 Å². The molecule has 0 aromatic heterocycles. The summed E-state index contributed by atoms with van der Waals surface area (Å²) in [4.78, 5) is 11.6. The van der Waals surface area contributed by atoms with Crippen LogP contribution >= 0.6 is 0 Å². The number of hydrogen-bond donors (Lipinski definition) is 1. The van der Waals surface area contributed by atoms with Gasteiger partial charge in [-0.1, -0.05) is 24.3 Å². The molecule has 1 N–H and O–H groups in total. The lowest BCUT2D eigenvalue weighted by molar-refractivity contribution is 0.0636. The van der Waals surface area contributed by atoms with E-state index >= 15 is 0 Å². The first-order valence-electron chi connectivity index (χ1n) is 5.61. The van der Waals surface area contributed by atoms with Gasteiger partial charge < -0.3 is 4.74 Å². The van der Waals surface area contributed by atoms with E-state index in [1.54, 1.807) is 6.08 Å². The minimum Gasteiger partial charge on any atom is -0.444 e. The van der Waals surface area contributed by atoms with Crippen LogP contribution in [0.5, 0.6) is 0 Å². The summed E-state index contributed by atoms with van der Waals surface area (Å²) in [5, 5.41) is 2.74. The van der Waals surface area contributed by atoms with Crippen molar-refractivity contribution in [2.24, 2.45) is 0 Å². The standard InChI is InChI=1S/C14H19NO2/c1-5-8-11-9-6-7-10-12(11)15-13(16)17-14(2,3)4/h5-7,9-10H,1,8H2,2-4H3,(H,15,16). The number of amides is 1. The number of anilines is 1. The lowest BCUT2D eigenvalue weighted by Gasteiger charge is -2.20. The van der Waals surface area contributed by atoms with E-state index in [9.17, 15) is 4.79 Å². The van der Waals surface area contributed by atoms with Crippen molar-refractivity contribution in [3.8, 4) is 0 Å². The van der Waals surface area contributed by atoms with Crippen molar-refractivity contribution in [2.75, 3.05) is 5.32 Å². The molecule has 3 nitrogen and oxygen atoms in total. The molecule has 1 aromatic rings. The monoisotopic (exact) mass is 233 g/mol. The molecule has 92 valence electrons. The summed E-state index contributed by atoms with van der Waals surface area (Å²) in [7, 11) is 0. The van der Waals surface area contributed by atoms with E-state index in [-0.39, 0.29) is 0 Å². The molecule has 17 heavy (non-hydrogen) atoms. The van der Waals surface area contributed by atoms with Crippen LogP contribution in [0.4, 0.5) is 10.5 Å². The van der Waals surface area contributed by atoms with Gasteiger partial charge in [-0.2, -0.15) is 0 Å². The number of nitrogens with one attached hydrogen (secondary N) is 1. The van der Waals surface area contributed by atoms with Gasteiger partial charge in [0.2, 0.25) is 0 Å². The predicted octanol–water partition coefficient (Wildman–Crippen LogP) is 3.76. The van der Waals surface area contributed by atoms with E-state index in [2.05, 4.69) is 11.9 Å². The fourth-order valence-electron chi connectivity index (χ4n) is 1.39. The maximum atomic E-state index is 11.6. The second-order valence-corrected chi connectivity index (χ2v) is 4.78. The molecule has 0 unspecified atom stereocenters. The normalized spacial score (nSPS) is 10.8. The molecule has 0 saturated carbocycles. The van der Waals surface area contributed by atoms with Gasteiger partial charge in [-0.25, -0.2) is 4.79 Å². The number of benzene rings is 1. The summed E-state index contributed by atoms with van der Waals surface area (Å²) in [6, 6.07) is 7.61. The average Bonchev–Trinajstić information content (AvgIpc) is 2.18. The molecule has 0 aliphatic carbocycles. The van der Waals surface area contributed by atoms with Crippen molar-refractivity contribution in [1.29, 1.82) is 0 Å². The Bertz CT molecular complexity index is 405. The molecule has 0 aliphatic rings. The Morgan fingerprint density at radius 1 is 1.41 bits per heavy atom. The van der Waals surface area contributed by atoms with E-state index in [4.69, 9.17) is 4.74 Å². The van der Waals surface area contributed by atoms with Crippen molar-refractivity contribution >= 4 is 11.8 Å². The summed E-state index contributed by atoms with van der Waals surface area (Å²) in [5.74, 6) is 0. The molecule has 3 heteroatoms. The molecule has 1 amide bonds. The quantitative estimate of drug-likeness (QED) is 0.807. The lowest BCUT2D eigenvalue weighted by Crippen LogP contribution is -2.27. The van der Waals surface area contributed by atoms with Gasteiger partial charge in [0.1, 0.15) is 5.60 Å². The highest BCUT2D eigenvalue weighted by molar-refractivity contribution is 5.85. The summed E-state index contributed by atoms with van der Waals surface area (Å²) in [6.07, 6.45) is 2.08. The summed E-state index contributed by atoms with van der Waals surface area (Å²) in [6.45, 7) is 9.20. The fraction of sp³-hybridized carbons (Fsp3) is 0.357. The molecule has 0 heterocycles. The minimum absolute atomic E-state index is 0.436. The van der Waals surface area contributed by atoms with Gasteiger partial charge in [0, 0.05) is 5.69 Å². The number of ether oxygens (including phenoxy) is 1. The van der Waals surface area contributed by atoms with Crippen LogP contribution in [0.15, 0.2) is 36.9 Å². The van der Waals surface area contributed by atoms with Gasteiger partial charge in [-0.05, 0) is 38.8 Å². The van der Waals surface area contributed by atoms with Gasteiger partial charge in [-0.3, -0.25) is 5.32 Å². The zero-order valence-corrected chi connectivity index (χ0v) is 10.6. The van der Waals surface area contributed by atoms with Crippen molar-refractivity contribution in [3.05, 3.63) is 42.5 Å². The molecule has 0 radical (unpaired) electrons. The van der Waals surface area contributed by atoms with Crippen LogP contribution < -0.4 is 5.32 Å². The molecule has 0 atom stereocenters. The Kier molecular flexibility index (Phi) is 4.32. The first-order valence-corrected chi connectivity index (χ1v) is 5.61. The summed E-state index contributed by atoms with van der Waals surface area (Å²) >= 11 is 0. The Morgan fingerprint density at radius 3 is 2.65 bits per heavy atom. The van der Waals surface area contributed by atoms with Crippen molar-refractivity contribution in [3.63, 3.8) is 0 Å². The average molecular weight is 233 g/mol. The largest absolute Gasteiger partial charge is 0.444 e. The molecule has 0 spiro atoms. The Hall–Kier alpha value is -1.77. The molecule has 1 rings (SSSR count). The van der Waals surface area contributed by atoms with E-state index in [1.807, 2.05) is 45.0 Å². The summed E-state index contributed by atoms with van der Waals surface area (Å²) < 4.78 is 5.20. The third-order valence-electron chi connectivity index (χ3n) is 2.02. The smallest absolute Gasteiger partial charge is 0.412 e. The number of para-hydroxylation sites is 1. The summed E-state index contributed by atoms with van der Waals surface area (Å²) in [5.41, 5.74) is 1.30. The highest BCUT2D eigenvalue weighted by atomic mass is 16.6. The van der Waals surface area contributed by atoms with E-state index in [1.165, 1.54) is 0 Å². The van der Waals surface area contributed by atoms with Crippen LogP contribution in [-0.2, 0) is 11.2 Å². The van der Waals surface area contributed by atoms with Gasteiger partial charge >= 0.3 is 6.09 Å². The minimum atomic E-state index is -0.489. The molecule has 0 bridgehead atoms. The van der Waals surface area contributed by atoms with E-state index < -0.39 is 11.7 Å². The SMILES string of the molecule is C=CCc1ccccc1NC(=O)OC(C)(C)C. The molecule has 0 saturated heterocycles. The Balaban J connectivity index is 2.74. The Morgan fingerprint density at radius 2 is 2.06 bits per heavy atom. The molecular formula is C14H19NO2. The van der Waals surface area contributed by atoms with Crippen molar-refractivity contribution < 1.29 is 9.53 Å². The van der Waals surface area contributed by atoms with E-state index in [0.29, 0.717) is 6.42 Å². The lowest BCUT2D eigenvalue weighted by atomic mass is 10.1. The maximum absolute atomic E-state index is 11.6. The third-order valence-corrected chi connectivity index (χ3v) is 2.02. The van der Waals surface area contributed by atoms with Crippen LogP contribution in [0, 0.1) is 0 Å². The highest BCUT2D eigenvalue weighted by Crippen LogP contribution is 2.17. The topological polar surface area (TPSA) is 38.3 Å². The van der Waals surface area contributed by atoms with Gasteiger partial charge in [0.05, 0.1) is 0 Å². The predicted molar refractivity (Wildman–Crippen MR) is 70.2 cm³/mol. The highest BCUT2D eigenvalue weighted by Gasteiger charge is 2.16. The van der Waals surface area contributed by atoms with Gasteiger partial charge in [0.15, 0.2) is 0 Å². The van der Waals surface area contributed by atoms with Crippen molar-refractivity contribution in [2.45, 2.75) is 32.8 Å². The van der Waals surface area contributed by atoms with Crippen LogP contribution in [0.2, 0.25) is 0 Å². The molecule has 0 aliphatic heterocycles. The number of allylic oxidation sites excluding steroid dienone is 1. The van der Waals surface area contributed by atoms with Crippen LogP contribution in [0.25, 0.3) is 0 Å². The fourth-order valence-corrected chi connectivity index (χ4v) is 1.39. The maximum Gasteiger partial charge on any atom is 0.412 e. The third kappa shape index (κ3) is 4.72. The zero-order chi connectivity index (χ0) is 12.9. The first kappa shape index (κ1) is 13.3. The second-order valence-electron chi connectivity index (χ2n) is 4.78. The number of carbonyl (C=O) groups excluding carboxylic acids is 1. The first-order chi connectivity index (χ1) is 7.92. The van der Waals surface area contributed by atoms with Gasteiger partial charge in [-0.15, -0.1) is 6.58 Å². The number of rotatable bonds is 3. The second kappa shape index (κ2) is 5.53. The van der Waals surface area contributed by atoms with Crippen molar-refractivity contribution in [1.82, 2.24) is 0 Å². The number of hydrogen-bond acceptors (Lipinski definition) is 2. The molecule has 1 aromatic carbocycles. The van der Waals surface area contributed by atoms with Crippen LogP contribution in [0.1, 0.15) is 26.3 Å². The van der Waals surface area contributed by atoms with E-state index in [0.717, 1.165) is 11.3 Å².